The highest BCUT2D eigenvalue weighted by Gasteiger charge is 2.51. The van der Waals surface area contributed by atoms with Gasteiger partial charge in [-0.15, -0.1) is 0 Å². The van der Waals surface area contributed by atoms with E-state index >= 15 is 0 Å². The number of imide groups is 1. The molecular weight excluding hydrogens is 414 g/mol. The number of hydrazine groups is 1. The SMILES string of the molecule is O=C(CN(C(=O)c1ccc([N+](=O)[O-])cc1)N1C(=O)[C@@H]2CC=CC[C@H]2C1=O)c1ccccc1. The third kappa shape index (κ3) is 3.80. The van der Waals surface area contributed by atoms with Crippen LogP contribution in [0.5, 0.6) is 0 Å². The van der Waals surface area contributed by atoms with Gasteiger partial charge in [-0.2, -0.15) is 5.01 Å². The van der Waals surface area contributed by atoms with Gasteiger partial charge < -0.3 is 0 Å². The molecule has 1 fully saturated rings. The van der Waals surface area contributed by atoms with Crippen LogP contribution in [0.4, 0.5) is 5.69 Å². The number of rotatable bonds is 6. The molecule has 1 saturated heterocycles. The largest absolute Gasteiger partial charge is 0.292 e. The van der Waals surface area contributed by atoms with Crippen molar-refractivity contribution in [3.8, 4) is 0 Å². The number of allylic oxidation sites excluding steroid dienone is 2. The second kappa shape index (κ2) is 8.54. The van der Waals surface area contributed by atoms with Crippen molar-refractivity contribution in [2.75, 3.05) is 6.54 Å². The molecule has 1 aliphatic carbocycles. The second-order valence-electron chi connectivity index (χ2n) is 7.60. The molecule has 0 unspecified atom stereocenters. The van der Waals surface area contributed by atoms with Crippen molar-refractivity contribution < 1.29 is 24.1 Å². The van der Waals surface area contributed by atoms with E-state index in [0.717, 1.165) is 22.2 Å². The number of hydrogen-bond acceptors (Lipinski definition) is 6. The summed E-state index contributed by atoms with van der Waals surface area (Å²) in [5, 5.41) is 12.6. The van der Waals surface area contributed by atoms with Gasteiger partial charge in [0.15, 0.2) is 5.78 Å². The summed E-state index contributed by atoms with van der Waals surface area (Å²) in [4.78, 5) is 62.6. The Bertz CT molecular complexity index is 1100. The Balaban J connectivity index is 1.69. The van der Waals surface area contributed by atoms with Crippen LogP contribution in [-0.4, -0.2) is 45.0 Å². The van der Waals surface area contributed by atoms with Gasteiger partial charge in [-0.3, -0.25) is 29.3 Å². The van der Waals surface area contributed by atoms with Gasteiger partial charge in [0.25, 0.3) is 23.4 Å². The number of benzene rings is 2. The molecule has 2 atom stereocenters. The van der Waals surface area contributed by atoms with Gasteiger partial charge >= 0.3 is 0 Å². The van der Waals surface area contributed by atoms with Gasteiger partial charge in [-0.25, -0.2) is 5.01 Å². The molecule has 0 N–H and O–H groups in total. The minimum absolute atomic E-state index is 0.0186. The summed E-state index contributed by atoms with van der Waals surface area (Å²) >= 11 is 0. The number of ketones is 1. The third-order valence-corrected chi connectivity index (χ3v) is 5.67. The third-order valence-electron chi connectivity index (χ3n) is 5.67. The van der Waals surface area contributed by atoms with Gasteiger partial charge in [-0.1, -0.05) is 42.5 Å². The van der Waals surface area contributed by atoms with Gasteiger partial charge in [-0.05, 0) is 25.0 Å². The van der Waals surface area contributed by atoms with Crippen molar-refractivity contribution in [1.29, 1.82) is 0 Å². The normalized spacial score (nSPS) is 19.6. The first kappa shape index (κ1) is 21.1. The zero-order valence-electron chi connectivity index (χ0n) is 16.9. The molecule has 32 heavy (non-hydrogen) atoms. The van der Waals surface area contributed by atoms with Crippen molar-refractivity contribution in [1.82, 2.24) is 10.0 Å². The van der Waals surface area contributed by atoms with E-state index in [0.29, 0.717) is 18.4 Å². The molecule has 9 nitrogen and oxygen atoms in total. The molecule has 2 aliphatic rings. The Labute approximate surface area is 183 Å². The summed E-state index contributed by atoms with van der Waals surface area (Å²) in [6, 6.07) is 13.0. The van der Waals surface area contributed by atoms with Crippen LogP contribution >= 0.6 is 0 Å². The molecule has 2 aromatic carbocycles. The van der Waals surface area contributed by atoms with Crippen LogP contribution in [0.15, 0.2) is 66.7 Å². The van der Waals surface area contributed by atoms with Crippen molar-refractivity contribution >= 4 is 29.2 Å². The zero-order chi connectivity index (χ0) is 22.8. The molecule has 0 spiro atoms. The molecule has 9 heteroatoms. The number of non-ortho nitro benzene ring substituents is 1. The number of carbonyl (C=O) groups excluding carboxylic acids is 4. The number of Topliss-reactive ketones (excluding diaryl/α,β-unsaturated/α-hetero) is 1. The lowest BCUT2D eigenvalue weighted by Gasteiger charge is -2.30. The number of nitro benzene ring substituents is 1. The number of nitrogens with zero attached hydrogens (tertiary/aromatic N) is 3. The fourth-order valence-corrected chi connectivity index (χ4v) is 3.98. The lowest BCUT2D eigenvalue weighted by atomic mass is 9.85. The summed E-state index contributed by atoms with van der Waals surface area (Å²) < 4.78 is 0. The van der Waals surface area contributed by atoms with E-state index in [-0.39, 0.29) is 11.3 Å². The van der Waals surface area contributed by atoms with E-state index in [2.05, 4.69) is 0 Å². The van der Waals surface area contributed by atoms with E-state index in [1.165, 1.54) is 12.1 Å². The molecule has 4 rings (SSSR count). The minimum atomic E-state index is -0.766. The first-order valence-corrected chi connectivity index (χ1v) is 10.1. The van der Waals surface area contributed by atoms with Crippen molar-refractivity contribution in [3.05, 3.63) is 88.0 Å². The van der Waals surface area contributed by atoms with E-state index in [9.17, 15) is 29.3 Å². The Morgan fingerprint density at radius 1 is 0.906 bits per heavy atom. The van der Waals surface area contributed by atoms with E-state index in [1.54, 1.807) is 30.3 Å². The number of fused-ring (bicyclic) bond motifs is 1. The maximum absolute atomic E-state index is 13.3. The van der Waals surface area contributed by atoms with Gasteiger partial charge in [0.05, 0.1) is 16.8 Å². The maximum Gasteiger partial charge on any atom is 0.273 e. The fourth-order valence-electron chi connectivity index (χ4n) is 3.98. The molecule has 0 saturated carbocycles. The molecule has 2 aromatic rings. The quantitative estimate of drug-likeness (QED) is 0.227. The molecular formula is C23H19N3O6. The first-order chi connectivity index (χ1) is 15.4. The van der Waals surface area contributed by atoms with Gasteiger partial charge in [0, 0.05) is 23.3 Å². The highest BCUT2D eigenvalue weighted by atomic mass is 16.6. The second-order valence-corrected chi connectivity index (χ2v) is 7.60. The van der Waals surface area contributed by atoms with E-state index < -0.39 is 46.8 Å². The molecule has 0 radical (unpaired) electrons. The lowest BCUT2D eigenvalue weighted by Crippen LogP contribution is -2.52. The van der Waals surface area contributed by atoms with Crippen LogP contribution in [0.3, 0.4) is 0 Å². The van der Waals surface area contributed by atoms with Gasteiger partial charge in [0.2, 0.25) is 0 Å². The molecule has 1 heterocycles. The Morgan fingerprint density at radius 3 is 2.00 bits per heavy atom. The number of nitro groups is 1. The monoisotopic (exact) mass is 433 g/mol. The molecule has 162 valence electrons. The Kier molecular flexibility index (Phi) is 5.63. The van der Waals surface area contributed by atoms with Crippen LogP contribution in [0.2, 0.25) is 0 Å². The minimum Gasteiger partial charge on any atom is -0.292 e. The Morgan fingerprint density at radius 2 is 1.47 bits per heavy atom. The molecule has 1 aliphatic heterocycles. The Hall–Kier alpha value is -4.14. The van der Waals surface area contributed by atoms with Crippen LogP contribution in [0.25, 0.3) is 0 Å². The average molecular weight is 433 g/mol. The highest BCUT2D eigenvalue weighted by molar-refractivity contribution is 6.09. The standard InChI is InChI=1S/C23H19N3O6/c27-20(15-6-2-1-3-7-15)14-24(21(28)16-10-12-17(13-11-16)26(31)32)25-22(29)18-8-4-5-9-19(18)23(25)30/h1-7,10-13,18-19H,8-9,14H2/t18-,19-/m1/s1. The summed E-state index contributed by atoms with van der Waals surface area (Å²) in [6.07, 6.45) is 4.43. The van der Waals surface area contributed by atoms with Crippen LogP contribution < -0.4 is 0 Å². The van der Waals surface area contributed by atoms with E-state index in [1.807, 2.05) is 12.2 Å². The van der Waals surface area contributed by atoms with Crippen LogP contribution in [0.1, 0.15) is 33.6 Å². The van der Waals surface area contributed by atoms with Crippen molar-refractivity contribution in [2.24, 2.45) is 11.8 Å². The van der Waals surface area contributed by atoms with Gasteiger partial charge in [0.1, 0.15) is 6.54 Å². The highest BCUT2D eigenvalue weighted by Crippen LogP contribution is 2.36. The van der Waals surface area contributed by atoms with Crippen LogP contribution in [-0.2, 0) is 9.59 Å². The molecule has 0 aromatic heterocycles. The summed E-state index contributed by atoms with van der Waals surface area (Å²) in [7, 11) is 0. The zero-order valence-corrected chi connectivity index (χ0v) is 16.9. The number of hydrogen-bond donors (Lipinski definition) is 0. The predicted octanol–water partition coefficient (Wildman–Crippen LogP) is 2.79. The topological polar surface area (TPSA) is 118 Å². The average Bonchev–Trinajstić information content (AvgIpc) is 3.07. The van der Waals surface area contributed by atoms with Crippen LogP contribution in [0, 0.1) is 22.0 Å². The lowest BCUT2D eigenvalue weighted by molar-refractivity contribution is -0.384. The fraction of sp³-hybridized carbons (Fsp3) is 0.217. The summed E-state index contributed by atoms with van der Waals surface area (Å²) in [5.74, 6) is -3.43. The first-order valence-electron chi connectivity index (χ1n) is 10.1. The maximum atomic E-state index is 13.3. The number of amides is 3. The summed E-state index contributed by atoms with van der Waals surface area (Å²) in [5.41, 5.74) is 0.135. The van der Waals surface area contributed by atoms with Crippen molar-refractivity contribution in [3.63, 3.8) is 0 Å². The summed E-state index contributed by atoms with van der Waals surface area (Å²) in [6.45, 7) is -0.524. The van der Waals surface area contributed by atoms with E-state index in [4.69, 9.17) is 0 Å². The smallest absolute Gasteiger partial charge is 0.273 e. The van der Waals surface area contributed by atoms with Crippen molar-refractivity contribution in [2.45, 2.75) is 12.8 Å². The molecule has 3 amide bonds. The predicted molar refractivity (Wildman–Crippen MR) is 112 cm³/mol. The molecule has 0 bridgehead atoms. The number of carbonyl (C=O) groups is 4.